The smallest absolute Gasteiger partial charge is 0.245 e. The van der Waals surface area contributed by atoms with Crippen molar-refractivity contribution >= 4 is 29.4 Å². The number of hydrogen-bond donors (Lipinski definition) is 2. The lowest BCUT2D eigenvalue weighted by atomic mass is 9.89. The monoisotopic (exact) mass is 772 g/mol. The fraction of sp³-hybridized carbons (Fsp3) is 0.744. The molecule has 1 fully saturated rings. The first-order valence-corrected chi connectivity index (χ1v) is 20.3. The van der Waals surface area contributed by atoms with Crippen LogP contribution in [0.25, 0.3) is 0 Å². The highest BCUT2D eigenvalue weighted by atomic mass is 16.5. The summed E-state index contributed by atoms with van der Waals surface area (Å²) < 4.78 is 12.0. The first kappa shape index (κ1) is 47.8. The molecule has 1 aliphatic heterocycles. The Morgan fingerprint density at radius 1 is 0.855 bits per heavy atom. The predicted octanol–water partition coefficient (Wildman–Crippen LogP) is 4.59. The lowest BCUT2D eigenvalue weighted by Gasteiger charge is -2.41. The minimum Gasteiger partial charge on any atom is -0.379 e. The molecule has 1 saturated heterocycles. The van der Waals surface area contributed by atoms with Crippen molar-refractivity contribution in [2.24, 2.45) is 29.6 Å². The number of nitrogens with zero attached hydrogens (tertiary/aromatic N) is 3. The summed E-state index contributed by atoms with van der Waals surface area (Å²) in [5, 5.41) is 6.06. The van der Waals surface area contributed by atoms with E-state index in [0.717, 1.165) is 18.4 Å². The molecule has 9 atom stereocenters. The topological polar surface area (TPSA) is 138 Å². The van der Waals surface area contributed by atoms with Gasteiger partial charge in [0.05, 0.1) is 48.7 Å². The molecule has 2 N–H and O–H groups in total. The number of likely N-dealkylation sites (N-methyl/N-ethyl adjacent to an activating group) is 2. The van der Waals surface area contributed by atoms with Crippen LogP contribution < -0.4 is 10.6 Å². The zero-order valence-corrected chi connectivity index (χ0v) is 36.3. The molecule has 0 saturated carbocycles. The Hall–Kier alpha value is -3.35. The summed E-state index contributed by atoms with van der Waals surface area (Å²) in [5.74, 6) is -1.99. The van der Waals surface area contributed by atoms with E-state index in [4.69, 9.17) is 9.47 Å². The standard InChI is InChI=1S/C43H73N5O7/c1-15-29(8)38(47(12)43(53)36(26(2)3)45-42(52)37(27(4)5)46(10)11)34(54-13)25-35(49)48-23-19-22-33(48)40(55-14)30(9)41(51)44-32(39(50)28(6)7)24-31-20-17-16-18-21-31/h16-18,20-21,26-30,32-34,36-38,40H,15,19,22-25H2,1-14H3,(H,44,51)(H,45,52)/t29-,30+,32-,33?,34+,36?,37?,38?,40+/m0/s1. The summed E-state index contributed by atoms with van der Waals surface area (Å²) in [4.78, 5) is 74.3. The third-order valence-electron chi connectivity index (χ3n) is 11.5. The number of nitrogens with one attached hydrogen (secondary N) is 2. The molecule has 4 amide bonds. The van der Waals surface area contributed by atoms with Gasteiger partial charge in [-0.3, -0.25) is 28.9 Å². The van der Waals surface area contributed by atoms with Gasteiger partial charge < -0.3 is 29.9 Å². The number of likely N-dealkylation sites (tertiary alicyclic amines) is 1. The summed E-state index contributed by atoms with van der Waals surface area (Å²) in [6, 6.07) is 6.95. The normalized spacial score (nSPS) is 19.1. The van der Waals surface area contributed by atoms with Crippen molar-refractivity contribution in [1.82, 2.24) is 25.3 Å². The molecule has 2 rings (SSSR count). The van der Waals surface area contributed by atoms with Crippen LogP contribution in [0.4, 0.5) is 0 Å². The average Bonchev–Trinajstić information content (AvgIpc) is 3.62. The number of carbonyl (C=O) groups excluding carboxylic acids is 5. The fourth-order valence-corrected chi connectivity index (χ4v) is 8.19. The third-order valence-corrected chi connectivity index (χ3v) is 11.5. The maximum atomic E-state index is 14.3. The second-order valence-corrected chi connectivity index (χ2v) is 16.8. The molecule has 0 bridgehead atoms. The quantitative estimate of drug-likeness (QED) is 0.175. The fourth-order valence-electron chi connectivity index (χ4n) is 8.19. The van der Waals surface area contributed by atoms with Gasteiger partial charge in [-0.15, -0.1) is 0 Å². The SMILES string of the molecule is CC[C@H](C)C([C@@H](CC(=O)N1CCCC1[C@H](OC)[C@@H](C)C(=O)N[C@@H](Cc1ccccc1)C(=O)C(C)C)OC)N(C)C(=O)C(NC(=O)C(C(C)C)N(C)C)C(C)C. The second-order valence-electron chi connectivity index (χ2n) is 16.8. The maximum Gasteiger partial charge on any atom is 0.245 e. The molecule has 0 aliphatic carbocycles. The van der Waals surface area contributed by atoms with Crippen LogP contribution in [0.3, 0.4) is 0 Å². The lowest BCUT2D eigenvalue weighted by molar-refractivity contribution is -0.148. The van der Waals surface area contributed by atoms with Crippen LogP contribution in [0.5, 0.6) is 0 Å². The van der Waals surface area contributed by atoms with Gasteiger partial charge in [0.1, 0.15) is 6.04 Å². The van der Waals surface area contributed by atoms with E-state index in [0.29, 0.717) is 19.4 Å². The van der Waals surface area contributed by atoms with Gasteiger partial charge in [-0.2, -0.15) is 0 Å². The molecule has 1 aliphatic rings. The zero-order valence-electron chi connectivity index (χ0n) is 36.3. The number of hydrogen-bond acceptors (Lipinski definition) is 8. The van der Waals surface area contributed by atoms with Gasteiger partial charge in [0.15, 0.2) is 5.78 Å². The van der Waals surface area contributed by atoms with E-state index in [2.05, 4.69) is 10.6 Å². The van der Waals surface area contributed by atoms with E-state index in [1.807, 2.05) is 105 Å². The van der Waals surface area contributed by atoms with Crippen LogP contribution in [-0.2, 0) is 39.9 Å². The minimum atomic E-state index is -0.764. The molecule has 55 heavy (non-hydrogen) atoms. The molecule has 12 heteroatoms. The van der Waals surface area contributed by atoms with Crippen molar-refractivity contribution in [2.45, 2.75) is 137 Å². The average molecular weight is 772 g/mol. The summed E-state index contributed by atoms with van der Waals surface area (Å²) in [6.07, 6.45) is 1.31. The predicted molar refractivity (Wildman–Crippen MR) is 217 cm³/mol. The highest BCUT2D eigenvalue weighted by molar-refractivity contribution is 5.91. The number of ether oxygens (including phenoxy) is 2. The van der Waals surface area contributed by atoms with E-state index < -0.39 is 42.3 Å². The Bertz CT molecular complexity index is 1380. The molecular weight excluding hydrogens is 699 g/mol. The van der Waals surface area contributed by atoms with Crippen LogP contribution >= 0.6 is 0 Å². The third kappa shape index (κ3) is 12.8. The Kier molecular flexibility index (Phi) is 19.5. The molecule has 1 aromatic rings. The minimum absolute atomic E-state index is 0.0213. The van der Waals surface area contributed by atoms with E-state index >= 15 is 0 Å². The molecule has 0 spiro atoms. The zero-order chi connectivity index (χ0) is 41.7. The highest BCUT2D eigenvalue weighted by Crippen LogP contribution is 2.30. The molecule has 0 aromatic heterocycles. The van der Waals surface area contributed by atoms with Crippen molar-refractivity contribution in [3.8, 4) is 0 Å². The Morgan fingerprint density at radius 3 is 1.96 bits per heavy atom. The van der Waals surface area contributed by atoms with Gasteiger partial charge in [-0.05, 0) is 56.7 Å². The summed E-state index contributed by atoms with van der Waals surface area (Å²) in [5.41, 5.74) is 0.953. The number of rotatable bonds is 22. The van der Waals surface area contributed by atoms with Gasteiger partial charge in [0.2, 0.25) is 23.6 Å². The van der Waals surface area contributed by atoms with Gasteiger partial charge in [0, 0.05) is 33.7 Å². The van der Waals surface area contributed by atoms with Crippen molar-refractivity contribution in [3.63, 3.8) is 0 Å². The highest BCUT2D eigenvalue weighted by Gasteiger charge is 2.43. The van der Waals surface area contributed by atoms with Gasteiger partial charge in [-0.1, -0.05) is 99.1 Å². The summed E-state index contributed by atoms with van der Waals surface area (Å²) in [7, 11) is 8.57. The Labute approximate surface area is 331 Å². The molecule has 1 heterocycles. The van der Waals surface area contributed by atoms with Crippen molar-refractivity contribution < 1.29 is 33.4 Å². The molecule has 12 nitrogen and oxygen atoms in total. The van der Waals surface area contributed by atoms with Crippen LogP contribution in [0, 0.1) is 29.6 Å². The molecule has 1 aromatic carbocycles. The van der Waals surface area contributed by atoms with Crippen LogP contribution in [0.2, 0.25) is 0 Å². The number of methoxy groups -OCH3 is 2. The van der Waals surface area contributed by atoms with E-state index in [9.17, 15) is 24.0 Å². The van der Waals surface area contributed by atoms with Crippen molar-refractivity contribution in [2.75, 3.05) is 41.9 Å². The lowest BCUT2D eigenvalue weighted by Crippen LogP contribution is -2.59. The van der Waals surface area contributed by atoms with Crippen molar-refractivity contribution in [1.29, 1.82) is 0 Å². The second kappa shape index (κ2) is 22.4. The number of benzene rings is 1. The van der Waals surface area contributed by atoms with Crippen molar-refractivity contribution in [3.05, 3.63) is 35.9 Å². The van der Waals surface area contributed by atoms with Gasteiger partial charge in [0.25, 0.3) is 0 Å². The van der Waals surface area contributed by atoms with Crippen LogP contribution in [0.15, 0.2) is 30.3 Å². The summed E-state index contributed by atoms with van der Waals surface area (Å²) >= 11 is 0. The molecular formula is C43H73N5O7. The Balaban J connectivity index is 2.30. The Morgan fingerprint density at radius 2 is 1.47 bits per heavy atom. The summed E-state index contributed by atoms with van der Waals surface area (Å²) in [6.45, 7) is 17.8. The van der Waals surface area contributed by atoms with E-state index in [-0.39, 0.29) is 65.5 Å². The largest absolute Gasteiger partial charge is 0.379 e. The van der Waals surface area contributed by atoms with Crippen LogP contribution in [0.1, 0.15) is 93.6 Å². The number of Topliss-reactive ketones (excluding diaryl/α,β-unsaturated/α-hetero) is 1. The first-order valence-electron chi connectivity index (χ1n) is 20.3. The molecule has 312 valence electrons. The molecule has 4 unspecified atom stereocenters. The van der Waals surface area contributed by atoms with Gasteiger partial charge >= 0.3 is 0 Å². The maximum absolute atomic E-state index is 14.3. The molecule has 0 radical (unpaired) electrons. The number of ketones is 1. The number of carbonyl (C=O) groups is 5. The van der Waals surface area contributed by atoms with Crippen LogP contribution in [-0.4, -0.2) is 128 Å². The van der Waals surface area contributed by atoms with E-state index in [1.54, 1.807) is 38.0 Å². The number of amides is 4. The van der Waals surface area contributed by atoms with Gasteiger partial charge in [-0.25, -0.2) is 0 Å². The first-order chi connectivity index (χ1) is 25.8. The van der Waals surface area contributed by atoms with E-state index in [1.165, 1.54) is 0 Å².